The van der Waals surface area contributed by atoms with Gasteiger partial charge in [-0.05, 0) is 37.0 Å². The SMILES string of the molecule is CCc1nn(C)c(CN2CCCc3c(N)cccc32)c1Cl. The highest BCUT2D eigenvalue weighted by Gasteiger charge is 2.22. The number of aromatic nitrogens is 2. The van der Waals surface area contributed by atoms with Crippen molar-refractivity contribution in [2.45, 2.75) is 32.7 Å². The fraction of sp³-hybridized carbons (Fsp3) is 0.438. The molecule has 0 spiro atoms. The summed E-state index contributed by atoms with van der Waals surface area (Å²) in [6.45, 7) is 3.88. The van der Waals surface area contributed by atoms with Crippen molar-refractivity contribution in [1.29, 1.82) is 0 Å². The molecule has 0 radical (unpaired) electrons. The van der Waals surface area contributed by atoms with Crippen LogP contribution in [0.1, 0.15) is 30.3 Å². The van der Waals surface area contributed by atoms with Crippen LogP contribution in [0.25, 0.3) is 0 Å². The molecule has 1 aliphatic heterocycles. The first-order valence-corrected chi connectivity index (χ1v) is 7.82. The van der Waals surface area contributed by atoms with Crippen molar-refractivity contribution in [3.8, 4) is 0 Å². The number of hydrogen-bond donors (Lipinski definition) is 1. The number of nitrogen functional groups attached to an aromatic ring is 1. The summed E-state index contributed by atoms with van der Waals surface area (Å²) in [4.78, 5) is 2.36. The Labute approximate surface area is 130 Å². The first kappa shape index (κ1) is 14.3. The van der Waals surface area contributed by atoms with E-state index in [4.69, 9.17) is 17.3 Å². The topological polar surface area (TPSA) is 47.1 Å². The molecule has 0 saturated carbocycles. The van der Waals surface area contributed by atoms with E-state index < -0.39 is 0 Å². The minimum atomic E-state index is 0.777. The summed E-state index contributed by atoms with van der Waals surface area (Å²) in [5.41, 5.74) is 11.5. The Morgan fingerprint density at radius 3 is 2.90 bits per heavy atom. The smallest absolute Gasteiger partial charge is 0.0868 e. The van der Waals surface area contributed by atoms with E-state index >= 15 is 0 Å². The van der Waals surface area contributed by atoms with Crippen LogP contribution in [0.15, 0.2) is 18.2 Å². The molecule has 0 saturated heterocycles. The molecule has 21 heavy (non-hydrogen) atoms. The summed E-state index contributed by atoms with van der Waals surface area (Å²) in [6.07, 6.45) is 3.03. The summed E-state index contributed by atoms with van der Waals surface area (Å²) >= 11 is 6.47. The van der Waals surface area contributed by atoms with Gasteiger partial charge in [0, 0.05) is 25.0 Å². The van der Waals surface area contributed by atoms with Crippen LogP contribution in [0.5, 0.6) is 0 Å². The lowest BCUT2D eigenvalue weighted by Crippen LogP contribution is -2.30. The molecule has 0 unspecified atom stereocenters. The lowest BCUT2D eigenvalue weighted by molar-refractivity contribution is 0.642. The second-order valence-electron chi connectivity index (χ2n) is 5.55. The van der Waals surface area contributed by atoms with E-state index in [0.717, 1.165) is 54.4 Å². The van der Waals surface area contributed by atoms with Gasteiger partial charge in [0.05, 0.1) is 23.0 Å². The summed E-state index contributed by atoms with van der Waals surface area (Å²) in [7, 11) is 1.96. The number of anilines is 2. The largest absolute Gasteiger partial charge is 0.398 e. The summed E-state index contributed by atoms with van der Waals surface area (Å²) in [5, 5.41) is 5.30. The van der Waals surface area contributed by atoms with Gasteiger partial charge in [-0.25, -0.2) is 0 Å². The minimum absolute atomic E-state index is 0.777. The average Bonchev–Trinajstić information content (AvgIpc) is 2.76. The van der Waals surface area contributed by atoms with Gasteiger partial charge < -0.3 is 10.6 Å². The predicted octanol–water partition coefficient (Wildman–Crippen LogP) is 3.17. The Bertz CT molecular complexity index is 663. The fourth-order valence-electron chi connectivity index (χ4n) is 3.06. The number of nitrogens with zero attached hydrogens (tertiary/aromatic N) is 3. The van der Waals surface area contributed by atoms with Crippen LogP contribution in [0.3, 0.4) is 0 Å². The third kappa shape index (κ3) is 2.48. The van der Waals surface area contributed by atoms with E-state index in [9.17, 15) is 0 Å². The molecule has 3 rings (SSSR count). The van der Waals surface area contributed by atoms with Gasteiger partial charge in [-0.2, -0.15) is 5.10 Å². The standard InChI is InChI=1S/C16H21ClN4/c1-3-13-16(17)15(20(2)19-13)10-21-9-5-6-11-12(18)7-4-8-14(11)21/h4,7-8H,3,5-6,9-10,18H2,1-2H3. The molecule has 5 heteroatoms. The van der Waals surface area contributed by atoms with Gasteiger partial charge in [0.2, 0.25) is 0 Å². The van der Waals surface area contributed by atoms with Crippen molar-refractivity contribution in [1.82, 2.24) is 9.78 Å². The molecular formula is C16H21ClN4. The van der Waals surface area contributed by atoms with Crippen LogP contribution in [0.4, 0.5) is 11.4 Å². The van der Waals surface area contributed by atoms with Gasteiger partial charge in [0.15, 0.2) is 0 Å². The van der Waals surface area contributed by atoms with E-state index in [1.807, 2.05) is 23.9 Å². The van der Waals surface area contributed by atoms with Crippen molar-refractivity contribution < 1.29 is 0 Å². The third-order valence-corrected chi connectivity index (χ3v) is 4.66. The molecule has 2 N–H and O–H groups in total. The quantitative estimate of drug-likeness (QED) is 0.886. The van der Waals surface area contributed by atoms with Gasteiger partial charge >= 0.3 is 0 Å². The van der Waals surface area contributed by atoms with E-state index in [1.165, 1.54) is 11.3 Å². The molecule has 2 aromatic rings. The number of benzene rings is 1. The van der Waals surface area contributed by atoms with E-state index in [0.29, 0.717) is 0 Å². The predicted molar refractivity (Wildman–Crippen MR) is 87.8 cm³/mol. The number of hydrogen-bond acceptors (Lipinski definition) is 3. The Morgan fingerprint density at radius 2 is 2.19 bits per heavy atom. The molecule has 0 aliphatic carbocycles. The molecule has 1 aromatic carbocycles. The normalized spacial score (nSPS) is 14.3. The number of fused-ring (bicyclic) bond motifs is 1. The van der Waals surface area contributed by atoms with Crippen molar-refractivity contribution in [2.24, 2.45) is 7.05 Å². The zero-order valence-electron chi connectivity index (χ0n) is 12.6. The van der Waals surface area contributed by atoms with Gasteiger partial charge in [-0.1, -0.05) is 24.6 Å². The third-order valence-electron chi connectivity index (χ3n) is 4.23. The van der Waals surface area contributed by atoms with E-state index in [2.05, 4.69) is 23.0 Å². The summed E-state index contributed by atoms with van der Waals surface area (Å²) < 4.78 is 1.90. The maximum Gasteiger partial charge on any atom is 0.0868 e. The molecule has 1 aliphatic rings. The van der Waals surface area contributed by atoms with Crippen molar-refractivity contribution in [3.05, 3.63) is 40.2 Å². The molecule has 0 fully saturated rings. The van der Waals surface area contributed by atoms with Gasteiger partial charge in [0.1, 0.15) is 0 Å². The maximum atomic E-state index is 6.47. The van der Waals surface area contributed by atoms with Crippen LogP contribution >= 0.6 is 11.6 Å². The highest BCUT2D eigenvalue weighted by atomic mass is 35.5. The highest BCUT2D eigenvalue weighted by Crippen LogP contribution is 2.33. The molecule has 0 amide bonds. The van der Waals surface area contributed by atoms with Crippen LogP contribution < -0.4 is 10.6 Å². The summed E-state index contributed by atoms with van der Waals surface area (Å²) in [6, 6.07) is 6.15. The fourth-order valence-corrected chi connectivity index (χ4v) is 3.42. The number of halogens is 1. The maximum absolute atomic E-state index is 6.47. The molecule has 4 nitrogen and oxygen atoms in total. The number of nitrogens with two attached hydrogens (primary N) is 1. The van der Waals surface area contributed by atoms with E-state index in [-0.39, 0.29) is 0 Å². The Morgan fingerprint density at radius 1 is 1.38 bits per heavy atom. The molecule has 1 aromatic heterocycles. The number of aryl methyl sites for hydroxylation is 2. The van der Waals surface area contributed by atoms with E-state index in [1.54, 1.807) is 0 Å². The zero-order chi connectivity index (χ0) is 15.0. The van der Waals surface area contributed by atoms with Crippen molar-refractivity contribution >= 4 is 23.0 Å². The van der Waals surface area contributed by atoms with Crippen molar-refractivity contribution in [3.63, 3.8) is 0 Å². The highest BCUT2D eigenvalue weighted by molar-refractivity contribution is 6.31. The molecule has 0 atom stereocenters. The lowest BCUT2D eigenvalue weighted by atomic mass is 10.00. The summed E-state index contributed by atoms with van der Waals surface area (Å²) in [5.74, 6) is 0. The molecule has 0 bridgehead atoms. The monoisotopic (exact) mass is 304 g/mol. The Hall–Kier alpha value is -1.68. The van der Waals surface area contributed by atoms with Crippen LogP contribution in [0.2, 0.25) is 5.02 Å². The Balaban J connectivity index is 1.94. The first-order chi connectivity index (χ1) is 10.1. The second kappa shape index (κ2) is 5.60. The van der Waals surface area contributed by atoms with Gasteiger partial charge in [0.25, 0.3) is 0 Å². The van der Waals surface area contributed by atoms with Crippen molar-refractivity contribution in [2.75, 3.05) is 17.2 Å². The molecular weight excluding hydrogens is 284 g/mol. The molecule has 112 valence electrons. The molecule has 2 heterocycles. The van der Waals surface area contributed by atoms with Crippen LogP contribution in [-0.2, 0) is 26.4 Å². The van der Waals surface area contributed by atoms with Crippen LogP contribution in [-0.4, -0.2) is 16.3 Å². The zero-order valence-corrected chi connectivity index (χ0v) is 13.3. The lowest BCUT2D eigenvalue weighted by Gasteiger charge is -2.32. The van der Waals surface area contributed by atoms with Gasteiger partial charge in [-0.15, -0.1) is 0 Å². The van der Waals surface area contributed by atoms with Gasteiger partial charge in [-0.3, -0.25) is 4.68 Å². The number of rotatable bonds is 3. The Kier molecular flexibility index (Phi) is 3.81. The second-order valence-corrected chi connectivity index (χ2v) is 5.93. The average molecular weight is 305 g/mol. The minimum Gasteiger partial charge on any atom is -0.398 e. The first-order valence-electron chi connectivity index (χ1n) is 7.44. The van der Waals surface area contributed by atoms with Crippen LogP contribution in [0, 0.1) is 0 Å².